The molecule has 0 atom stereocenters. The highest BCUT2D eigenvalue weighted by molar-refractivity contribution is 6.24. The Morgan fingerprint density at radius 2 is 0.614 bits per heavy atom. The molecule has 232 valence electrons. The molecule has 0 aliphatic heterocycles. The molecular formula is C42H54N2. The number of benzene rings is 4. The van der Waals surface area contributed by atoms with E-state index >= 15 is 0 Å². The third kappa shape index (κ3) is 6.70. The third-order valence-corrected chi connectivity index (χ3v) is 10.2. The summed E-state index contributed by atoms with van der Waals surface area (Å²) in [6, 6.07) is 23.6. The molecule has 0 N–H and O–H groups in total. The van der Waals surface area contributed by atoms with Gasteiger partial charge in [0.25, 0.3) is 0 Å². The molecule has 0 amide bonds. The maximum Gasteiger partial charge on any atom is 0.0486 e. The molecule has 0 spiro atoms. The van der Waals surface area contributed by atoms with E-state index in [1.165, 1.54) is 157 Å². The van der Waals surface area contributed by atoms with Crippen LogP contribution in [0.1, 0.15) is 117 Å². The Kier molecular flexibility index (Phi) is 10.6. The van der Waals surface area contributed by atoms with E-state index in [9.17, 15) is 0 Å². The highest BCUT2D eigenvalue weighted by Gasteiger charge is 2.12. The quantitative estimate of drug-likeness (QED) is 0.0700. The van der Waals surface area contributed by atoms with Gasteiger partial charge in [0, 0.05) is 47.3 Å². The van der Waals surface area contributed by atoms with Crippen molar-refractivity contribution in [2.24, 2.45) is 0 Å². The molecule has 0 unspecified atom stereocenters. The minimum Gasteiger partial charge on any atom is -0.347 e. The van der Waals surface area contributed by atoms with E-state index in [4.69, 9.17) is 0 Å². The Morgan fingerprint density at radius 3 is 1.02 bits per heavy atom. The molecule has 44 heavy (non-hydrogen) atoms. The van der Waals surface area contributed by atoms with Crippen molar-refractivity contribution in [1.29, 1.82) is 0 Å². The smallest absolute Gasteiger partial charge is 0.0486 e. The van der Waals surface area contributed by atoms with E-state index in [1.807, 2.05) is 0 Å². The van der Waals surface area contributed by atoms with Crippen molar-refractivity contribution >= 4 is 54.1 Å². The fourth-order valence-electron chi connectivity index (χ4n) is 7.62. The average Bonchev–Trinajstić information content (AvgIpc) is 3.67. The van der Waals surface area contributed by atoms with Crippen LogP contribution in [0.25, 0.3) is 54.1 Å². The summed E-state index contributed by atoms with van der Waals surface area (Å²) < 4.78 is 4.92. The zero-order valence-electron chi connectivity index (χ0n) is 27.6. The van der Waals surface area contributed by atoms with Gasteiger partial charge in [-0.25, -0.2) is 0 Å². The summed E-state index contributed by atoms with van der Waals surface area (Å²) >= 11 is 0. The van der Waals surface area contributed by atoms with Gasteiger partial charge in [0.2, 0.25) is 0 Å². The summed E-state index contributed by atoms with van der Waals surface area (Å²) in [5.41, 5.74) is 2.74. The first-order valence-electron chi connectivity index (χ1n) is 18.1. The van der Waals surface area contributed by atoms with Gasteiger partial charge in [-0.1, -0.05) is 140 Å². The van der Waals surface area contributed by atoms with Gasteiger partial charge in [-0.15, -0.1) is 0 Å². The normalized spacial score (nSPS) is 12.1. The number of nitrogens with zero attached hydrogens (tertiary/aromatic N) is 2. The van der Waals surface area contributed by atoms with Crippen molar-refractivity contribution in [3.8, 4) is 0 Å². The van der Waals surface area contributed by atoms with Crippen LogP contribution in [-0.4, -0.2) is 9.13 Å². The number of aromatic nitrogens is 2. The fraction of sp³-hybridized carbons (Fsp3) is 0.476. The lowest BCUT2D eigenvalue weighted by atomic mass is 9.94. The van der Waals surface area contributed by atoms with Crippen molar-refractivity contribution < 1.29 is 0 Å². The van der Waals surface area contributed by atoms with Crippen molar-refractivity contribution in [3.05, 3.63) is 73.1 Å². The topological polar surface area (TPSA) is 9.86 Å². The van der Waals surface area contributed by atoms with E-state index in [0.717, 1.165) is 13.1 Å². The van der Waals surface area contributed by atoms with Crippen LogP contribution in [0.5, 0.6) is 0 Å². The van der Waals surface area contributed by atoms with Crippen molar-refractivity contribution in [2.45, 2.75) is 130 Å². The molecule has 0 aliphatic carbocycles. The first-order valence-corrected chi connectivity index (χ1v) is 18.1. The van der Waals surface area contributed by atoms with Crippen LogP contribution in [0.2, 0.25) is 0 Å². The van der Waals surface area contributed by atoms with Gasteiger partial charge in [-0.05, 0) is 69.4 Å². The van der Waals surface area contributed by atoms with Crippen molar-refractivity contribution in [3.63, 3.8) is 0 Å². The summed E-state index contributed by atoms with van der Waals surface area (Å²) in [6.45, 7) is 6.81. The first kappa shape index (κ1) is 30.8. The van der Waals surface area contributed by atoms with Gasteiger partial charge >= 0.3 is 0 Å². The maximum absolute atomic E-state index is 2.49. The molecule has 0 aliphatic rings. The van der Waals surface area contributed by atoms with Gasteiger partial charge in [-0.2, -0.15) is 0 Å². The predicted octanol–water partition coefficient (Wildman–Crippen LogP) is 13.3. The highest BCUT2D eigenvalue weighted by Crippen LogP contribution is 2.37. The molecule has 0 saturated carbocycles. The molecule has 0 saturated heterocycles. The van der Waals surface area contributed by atoms with Crippen molar-refractivity contribution in [2.75, 3.05) is 0 Å². The van der Waals surface area contributed by atoms with Crippen LogP contribution in [0.4, 0.5) is 0 Å². The molecule has 0 bridgehead atoms. The van der Waals surface area contributed by atoms with Crippen LogP contribution < -0.4 is 0 Å². The summed E-state index contributed by atoms with van der Waals surface area (Å²) in [5, 5.41) is 11.0. The van der Waals surface area contributed by atoms with Gasteiger partial charge < -0.3 is 9.13 Å². The van der Waals surface area contributed by atoms with Crippen LogP contribution in [0, 0.1) is 0 Å². The van der Waals surface area contributed by atoms with E-state index in [1.54, 1.807) is 0 Å². The number of aryl methyl sites for hydroxylation is 2. The van der Waals surface area contributed by atoms with Gasteiger partial charge in [0.05, 0.1) is 0 Å². The number of hydrogen-bond acceptors (Lipinski definition) is 0. The number of unbranched alkanes of at least 4 members (excludes halogenated alkanes) is 14. The standard InChI is InChI=1S/C42H54N2/c1-3-5-7-8-9-10-11-12-13-14-15-16-18-30-44-32-28-40-38-22-20-33-34(36(38)24-26-42(40)44)19-21-37-35(33)23-25-41-39(37)27-31-43(41)29-17-6-4-2/h19-28,31-32H,3-18,29-30H2,1-2H3. The number of hydrogen-bond donors (Lipinski definition) is 0. The molecule has 2 nitrogen and oxygen atoms in total. The largest absolute Gasteiger partial charge is 0.347 e. The molecule has 6 rings (SSSR count). The third-order valence-electron chi connectivity index (χ3n) is 10.2. The van der Waals surface area contributed by atoms with Gasteiger partial charge in [0.1, 0.15) is 0 Å². The molecule has 2 aromatic heterocycles. The summed E-state index contributed by atoms with van der Waals surface area (Å²) in [6.07, 6.45) is 26.7. The lowest BCUT2D eigenvalue weighted by Crippen LogP contribution is -1.96. The van der Waals surface area contributed by atoms with Crippen LogP contribution in [0.3, 0.4) is 0 Å². The lowest BCUT2D eigenvalue weighted by molar-refractivity contribution is 0.529. The Hall–Kier alpha value is -3.26. The summed E-state index contributed by atoms with van der Waals surface area (Å²) in [5.74, 6) is 0. The molecule has 0 radical (unpaired) electrons. The second-order valence-corrected chi connectivity index (χ2v) is 13.4. The zero-order valence-corrected chi connectivity index (χ0v) is 27.6. The van der Waals surface area contributed by atoms with E-state index in [-0.39, 0.29) is 0 Å². The second-order valence-electron chi connectivity index (χ2n) is 13.4. The van der Waals surface area contributed by atoms with E-state index in [0.29, 0.717) is 0 Å². The predicted molar refractivity (Wildman–Crippen MR) is 195 cm³/mol. The van der Waals surface area contributed by atoms with Gasteiger partial charge in [-0.3, -0.25) is 0 Å². The number of fused-ring (bicyclic) bond motifs is 9. The highest BCUT2D eigenvalue weighted by atomic mass is 15.0. The van der Waals surface area contributed by atoms with Crippen molar-refractivity contribution in [1.82, 2.24) is 9.13 Å². The second kappa shape index (κ2) is 15.2. The minimum absolute atomic E-state index is 1.11. The monoisotopic (exact) mass is 586 g/mol. The Labute approximate surface area is 265 Å². The van der Waals surface area contributed by atoms with Gasteiger partial charge in [0.15, 0.2) is 0 Å². The Morgan fingerprint density at radius 1 is 0.318 bits per heavy atom. The molecular weight excluding hydrogens is 532 g/mol. The fourth-order valence-corrected chi connectivity index (χ4v) is 7.62. The van der Waals surface area contributed by atoms with Crippen LogP contribution in [-0.2, 0) is 13.1 Å². The maximum atomic E-state index is 2.49. The molecule has 0 fully saturated rings. The Balaban J connectivity index is 1.09. The zero-order chi connectivity index (χ0) is 30.1. The summed E-state index contributed by atoms with van der Waals surface area (Å²) in [7, 11) is 0. The Bertz CT molecular complexity index is 1800. The minimum atomic E-state index is 1.11. The van der Waals surface area contributed by atoms with E-state index in [2.05, 4.69) is 96.0 Å². The molecule has 4 aromatic carbocycles. The lowest BCUT2D eigenvalue weighted by Gasteiger charge is -2.11. The SMILES string of the molecule is CCCCCCCCCCCCCCCn1ccc2c3ccc4c(ccc5c4ccc4c5ccn4CCCCC)c3ccc21. The van der Waals surface area contributed by atoms with Crippen LogP contribution in [0.15, 0.2) is 73.1 Å². The summed E-state index contributed by atoms with van der Waals surface area (Å²) in [4.78, 5) is 0. The molecule has 6 aromatic rings. The van der Waals surface area contributed by atoms with Crippen LogP contribution >= 0.6 is 0 Å². The first-order chi connectivity index (χ1) is 21.8. The molecule has 2 heteroatoms. The molecule has 2 heterocycles. The average molecular weight is 587 g/mol. The van der Waals surface area contributed by atoms with E-state index < -0.39 is 0 Å². The number of rotatable bonds is 18.